The minimum Gasteiger partial charge on any atom is -0.497 e. The predicted molar refractivity (Wildman–Crippen MR) is 85.3 cm³/mol. The summed E-state index contributed by atoms with van der Waals surface area (Å²) in [4.78, 5) is 0. The van der Waals surface area contributed by atoms with Crippen LogP contribution in [0.25, 0.3) is 0 Å². The van der Waals surface area contributed by atoms with Gasteiger partial charge < -0.3 is 20.1 Å². The smallest absolute Gasteiger partial charge is 0.124 e. The van der Waals surface area contributed by atoms with E-state index in [1.807, 2.05) is 6.07 Å². The molecule has 1 aromatic rings. The summed E-state index contributed by atoms with van der Waals surface area (Å²) in [6.45, 7) is 1.18. The van der Waals surface area contributed by atoms with Crippen molar-refractivity contribution in [2.45, 2.75) is 44.2 Å². The van der Waals surface area contributed by atoms with Crippen LogP contribution in [0.4, 0.5) is 5.69 Å². The maximum Gasteiger partial charge on any atom is 0.124 e. The number of anilines is 1. The topological polar surface area (TPSA) is 42.5 Å². The van der Waals surface area contributed by atoms with Gasteiger partial charge in [0, 0.05) is 36.0 Å². The highest BCUT2D eigenvalue weighted by Crippen LogP contribution is 2.35. The minimum absolute atomic E-state index is 0.553. The third-order valence-corrected chi connectivity index (χ3v) is 4.89. The van der Waals surface area contributed by atoms with Gasteiger partial charge in [-0.15, -0.1) is 0 Å². The van der Waals surface area contributed by atoms with Gasteiger partial charge in [0.05, 0.1) is 14.2 Å². The summed E-state index contributed by atoms with van der Waals surface area (Å²) in [6, 6.07) is 7.27. The Bertz CT molecular complexity index is 450. The van der Waals surface area contributed by atoms with Gasteiger partial charge in [-0.1, -0.05) is 6.42 Å². The van der Waals surface area contributed by atoms with Crippen LogP contribution in [-0.2, 0) is 0 Å². The van der Waals surface area contributed by atoms with Crippen LogP contribution >= 0.6 is 0 Å². The minimum atomic E-state index is 0.553. The first-order valence-electron chi connectivity index (χ1n) is 8.03. The maximum atomic E-state index is 5.36. The van der Waals surface area contributed by atoms with Crippen molar-refractivity contribution < 1.29 is 9.47 Å². The van der Waals surface area contributed by atoms with Crippen molar-refractivity contribution in [2.75, 3.05) is 26.1 Å². The zero-order valence-electron chi connectivity index (χ0n) is 13.0. The van der Waals surface area contributed by atoms with Crippen molar-refractivity contribution in [1.29, 1.82) is 0 Å². The predicted octanol–water partition coefficient (Wildman–Crippen LogP) is 3.04. The Kier molecular flexibility index (Phi) is 4.54. The standard InChI is InChI=1S/C17H26N2O2/c1-20-13-9-12(10-14(11-13)21-2)19-17-6-3-5-15(17)16-7-4-8-18-16/h9-11,15-19H,3-8H2,1-2H3. The summed E-state index contributed by atoms with van der Waals surface area (Å²) in [6.07, 6.45) is 6.55. The van der Waals surface area contributed by atoms with Crippen LogP contribution in [-0.4, -0.2) is 32.8 Å². The second-order valence-corrected chi connectivity index (χ2v) is 6.15. The third-order valence-electron chi connectivity index (χ3n) is 4.89. The van der Waals surface area contributed by atoms with Gasteiger partial charge >= 0.3 is 0 Å². The molecule has 2 aliphatic rings. The van der Waals surface area contributed by atoms with E-state index in [1.54, 1.807) is 14.2 Å². The average Bonchev–Trinajstić information content (AvgIpc) is 3.17. The molecule has 1 saturated carbocycles. The Hall–Kier alpha value is -1.42. The summed E-state index contributed by atoms with van der Waals surface area (Å²) in [5.74, 6) is 2.42. The van der Waals surface area contributed by atoms with Crippen LogP contribution in [0.3, 0.4) is 0 Å². The fourth-order valence-corrected chi connectivity index (χ4v) is 3.83. The number of hydrogen-bond acceptors (Lipinski definition) is 4. The summed E-state index contributed by atoms with van der Waals surface area (Å²) in [5, 5.41) is 7.39. The van der Waals surface area contributed by atoms with Gasteiger partial charge in [0.1, 0.15) is 11.5 Å². The zero-order chi connectivity index (χ0) is 14.7. The summed E-state index contributed by atoms with van der Waals surface area (Å²) in [7, 11) is 3.39. The van der Waals surface area contributed by atoms with Crippen molar-refractivity contribution in [3.63, 3.8) is 0 Å². The molecule has 1 saturated heterocycles. The first-order chi connectivity index (χ1) is 10.3. The largest absolute Gasteiger partial charge is 0.497 e. The third kappa shape index (κ3) is 3.26. The zero-order valence-corrected chi connectivity index (χ0v) is 13.0. The van der Waals surface area contributed by atoms with Crippen molar-refractivity contribution in [2.24, 2.45) is 5.92 Å². The molecule has 0 bridgehead atoms. The van der Waals surface area contributed by atoms with Crippen LogP contribution in [0.1, 0.15) is 32.1 Å². The SMILES string of the molecule is COc1cc(NC2CCCC2C2CCCN2)cc(OC)c1. The van der Waals surface area contributed by atoms with Gasteiger partial charge in [0.2, 0.25) is 0 Å². The van der Waals surface area contributed by atoms with E-state index in [2.05, 4.69) is 22.8 Å². The molecule has 0 aromatic heterocycles. The first kappa shape index (κ1) is 14.5. The molecule has 4 nitrogen and oxygen atoms in total. The number of methoxy groups -OCH3 is 2. The molecule has 116 valence electrons. The van der Waals surface area contributed by atoms with Gasteiger partial charge in [-0.25, -0.2) is 0 Å². The Morgan fingerprint density at radius 2 is 1.76 bits per heavy atom. The molecule has 2 N–H and O–H groups in total. The van der Waals surface area contributed by atoms with Crippen molar-refractivity contribution in [3.8, 4) is 11.5 Å². The molecule has 0 radical (unpaired) electrons. The molecule has 1 aliphatic heterocycles. The molecule has 21 heavy (non-hydrogen) atoms. The highest BCUT2D eigenvalue weighted by atomic mass is 16.5. The Labute approximate surface area is 127 Å². The highest BCUT2D eigenvalue weighted by Gasteiger charge is 2.34. The molecule has 2 fully saturated rings. The molecule has 3 atom stereocenters. The van der Waals surface area contributed by atoms with Crippen molar-refractivity contribution in [1.82, 2.24) is 5.32 Å². The van der Waals surface area contributed by atoms with Gasteiger partial charge in [-0.05, 0) is 38.1 Å². The van der Waals surface area contributed by atoms with E-state index in [4.69, 9.17) is 9.47 Å². The number of hydrogen-bond donors (Lipinski definition) is 2. The number of ether oxygens (including phenoxy) is 2. The van der Waals surface area contributed by atoms with E-state index in [0.717, 1.165) is 23.1 Å². The van der Waals surface area contributed by atoms with Gasteiger partial charge in [-0.2, -0.15) is 0 Å². The quantitative estimate of drug-likeness (QED) is 0.875. The summed E-state index contributed by atoms with van der Waals surface area (Å²) >= 11 is 0. The molecule has 0 amide bonds. The van der Waals surface area contributed by atoms with Crippen LogP contribution in [0, 0.1) is 5.92 Å². The van der Waals surface area contributed by atoms with Crippen LogP contribution < -0.4 is 20.1 Å². The average molecular weight is 290 g/mol. The highest BCUT2D eigenvalue weighted by molar-refractivity contribution is 5.54. The van der Waals surface area contributed by atoms with Crippen LogP contribution in [0.2, 0.25) is 0 Å². The number of rotatable bonds is 5. The van der Waals surface area contributed by atoms with E-state index >= 15 is 0 Å². The second-order valence-electron chi connectivity index (χ2n) is 6.15. The molecule has 4 heteroatoms. The van der Waals surface area contributed by atoms with Crippen LogP contribution in [0.15, 0.2) is 18.2 Å². The van der Waals surface area contributed by atoms with E-state index < -0.39 is 0 Å². The Morgan fingerprint density at radius 1 is 1.00 bits per heavy atom. The van der Waals surface area contributed by atoms with Gasteiger partial charge in [-0.3, -0.25) is 0 Å². The van der Waals surface area contributed by atoms with E-state index in [-0.39, 0.29) is 0 Å². The monoisotopic (exact) mass is 290 g/mol. The molecule has 1 heterocycles. The second kappa shape index (κ2) is 6.56. The fourth-order valence-electron chi connectivity index (χ4n) is 3.83. The van der Waals surface area contributed by atoms with Crippen molar-refractivity contribution >= 4 is 5.69 Å². The molecule has 0 spiro atoms. The molecule has 3 rings (SSSR count). The first-order valence-corrected chi connectivity index (χ1v) is 8.03. The molecule has 3 unspecified atom stereocenters. The number of benzene rings is 1. The molecular weight excluding hydrogens is 264 g/mol. The normalized spacial score (nSPS) is 28.6. The lowest BCUT2D eigenvalue weighted by atomic mass is 9.93. The lowest BCUT2D eigenvalue weighted by molar-refractivity contribution is 0.375. The molecule has 1 aliphatic carbocycles. The van der Waals surface area contributed by atoms with Crippen LogP contribution in [0.5, 0.6) is 11.5 Å². The van der Waals surface area contributed by atoms with Gasteiger partial charge in [0.25, 0.3) is 0 Å². The van der Waals surface area contributed by atoms with Crippen molar-refractivity contribution in [3.05, 3.63) is 18.2 Å². The lowest BCUT2D eigenvalue weighted by Crippen LogP contribution is -2.38. The molecule has 1 aromatic carbocycles. The Balaban J connectivity index is 1.72. The molecular formula is C17H26N2O2. The number of nitrogens with one attached hydrogen (secondary N) is 2. The maximum absolute atomic E-state index is 5.36. The Morgan fingerprint density at radius 3 is 2.38 bits per heavy atom. The fraction of sp³-hybridized carbons (Fsp3) is 0.647. The summed E-state index contributed by atoms with van der Waals surface area (Å²) in [5.41, 5.74) is 1.10. The van der Waals surface area contributed by atoms with E-state index in [9.17, 15) is 0 Å². The lowest BCUT2D eigenvalue weighted by Gasteiger charge is -2.27. The van der Waals surface area contributed by atoms with E-state index in [1.165, 1.54) is 38.6 Å². The van der Waals surface area contributed by atoms with E-state index in [0.29, 0.717) is 12.1 Å². The van der Waals surface area contributed by atoms with Gasteiger partial charge in [0.15, 0.2) is 0 Å². The summed E-state index contributed by atoms with van der Waals surface area (Å²) < 4.78 is 10.7.